The van der Waals surface area contributed by atoms with E-state index in [0.717, 1.165) is 16.7 Å². The van der Waals surface area contributed by atoms with Crippen LogP contribution < -0.4 is 10.9 Å². The molecule has 0 unspecified atom stereocenters. The Kier molecular flexibility index (Phi) is 4.95. The van der Waals surface area contributed by atoms with Crippen LogP contribution in [0.3, 0.4) is 0 Å². The third-order valence-electron chi connectivity index (χ3n) is 3.72. The van der Waals surface area contributed by atoms with E-state index in [4.69, 9.17) is 4.74 Å². The Labute approximate surface area is 145 Å². The minimum Gasteiger partial charge on any atom is -0.444 e. The number of anilines is 1. The highest BCUT2D eigenvalue weighted by molar-refractivity contribution is 5.84. The van der Waals surface area contributed by atoms with Crippen molar-refractivity contribution in [3.63, 3.8) is 0 Å². The van der Waals surface area contributed by atoms with Gasteiger partial charge in [-0.2, -0.15) is 0 Å². The number of carbonyl (C=O) groups excluding carboxylic acids is 1. The highest BCUT2D eigenvalue weighted by atomic mass is 16.5. The van der Waals surface area contributed by atoms with Gasteiger partial charge in [0, 0.05) is 5.69 Å². The number of hydrogen-bond acceptors (Lipinski definition) is 3. The summed E-state index contributed by atoms with van der Waals surface area (Å²) in [4.78, 5) is 26.8. The van der Waals surface area contributed by atoms with Crippen molar-refractivity contribution in [3.8, 4) is 11.3 Å². The molecular formula is C20H18N2O3. The minimum atomic E-state index is -0.669. The molecule has 0 bridgehead atoms. The summed E-state index contributed by atoms with van der Waals surface area (Å²) in [5, 5.41) is 2.46. The van der Waals surface area contributed by atoms with Gasteiger partial charge < -0.3 is 9.72 Å². The third kappa shape index (κ3) is 4.35. The summed E-state index contributed by atoms with van der Waals surface area (Å²) in [5.41, 5.74) is 3.38. The molecule has 5 nitrogen and oxygen atoms in total. The Morgan fingerprint density at radius 3 is 2.40 bits per heavy atom. The Bertz CT molecular complexity index is 916. The van der Waals surface area contributed by atoms with E-state index in [0.29, 0.717) is 5.69 Å². The molecule has 126 valence electrons. The summed E-state index contributed by atoms with van der Waals surface area (Å²) in [7, 11) is 0. The van der Waals surface area contributed by atoms with Crippen LogP contribution in [0.2, 0.25) is 0 Å². The number of H-pyrrole nitrogens is 1. The molecule has 0 spiro atoms. The number of amides is 1. The summed E-state index contributed by atoms with van der Waals surface area (Å²) in [5.74, 6) is 0. The Hall–Kier alpha value is -3.34. The lowest BCUT2D eigenvalue weighted by molar-refractivity contribution is 0.155. The zero-order valence-corrected chi connectivity index (χ0v) is 13.8. The maximum Gasteiger partial charge on any atom is 0.412 e. The van der Waals surface area contributed by atoms with Crippen LogP contribution in [0.15, 0.2) is 71.5 Å². The predicted molar refractivity (Wildman–Crippen MR) is 97.5 cm³/mol. The lowest BCUT2D eigenvalue weighted by Gasteiger charge is -2.08. The van der Waals surface area contributed by atoms with Crippen LogP contribution in [-0.4, -0.2) is 11.1 Å². The van der Waals surface area contributed by atoms with Gasteiger partial charge in [-0.05, 0) is 30.2 Å². The molecule has 1 heterocycles. The minimum absolute atomic E-state index is 0.145. The molecule has 0 saturated carbocycles. The molecule has 1 aromatic heterocycles. The van der Waals surface area contributed by atoms with Gasteiger partial charge in [-0.15, -0.1) is 0 Å². The van der Waals surface area contributed by atoms with Gasteiger partial charge in [-0.25, -0.2) is 4.79 Å². The van der Waals surface area contributed by atoms with Gasteiger partial charge in [0.1, 0.15) is 12.3 Å². The van der Waals surface area contributed by atoms with E-state index in [9.17, 15) is 9.59 Å². The standard InChI is InChI=1S/C20H18N2O3/c1-14-7-9-16(10-8-14)17-11-12-18(19(23)21-17)22-20(24)25-13-15-5-3-2-4-6-15/h2-12H,13H2,1H3,(H,21,23)(H,22,24). The summed E-state index contributed by atoms with van der Waals surface area (Å²) in [6, 6.07) is 20.5. The summed E-state index contributed by atoms with van der Waals surface area (Å²) < 4.78 is 5.11. The van der Waals surface area contributed by atoms with Crippen LogP contribution in [0, 0.1) is 6.92 Å². The normalized spacial score (nSPS) is 10.3. The third-order valence-corrected chi connectivity index (χ3v) is 3.72. The smallest absolute Gasteiger partial charge is 0.412 e. The number of nitrogens with one attached hydrogen (secondary N) is 2. The van der Waals surface area contributed by atoms with Crippen molar-refractivity contribution in [2.75, 3.05) is 5.32 Å². The number of pyridine rings is 1. The second kappa shape index (κ2) is 7.49. The van der Waals surface area contributed by atoms with Crippen molar-refractivity contribution < 1.29 is 9.53 Å². The fourth-order valence-electron chi connectivity index (χ4n) is 2.34. The lowest BCUT2D eigenvalue weighted by atomic mass is 10.1. The first-order valence-corrected chi connectivity index (χ1v) is 7.90. The molecule has 0 atom stereocenters. The second-order valence-corrected chi connectivity index (χ2v) is 5.67. The molecular weight excluding hydrogens is 316 g/mol. The average Bonchev–Trinajstić information content (AvgIpc) is 2.63. The molecule has 25 heavy (non-hydrogen) atoms. The molecule has 3 rings (SSSR count). The molecule has 2 N–H and O–H groups in total. The van der Waals surface area contributed by atoms with E-state index in [1.165, 1.54) is 0 Å². The molecule has 0 radical (unpaired) electrons. The number of carbonyl (C=O) groups is 1. The molecule has 0 fully saturated rings. The quantitative estimate of drug-likeness (QED) is 0.754. The number of hydrogen-bond donors (Lipinski definition) is 2. The maximum absolute atomic E-state index is 12.2. The lowest BCUT2D eigenvalue weighted by Crippen LogP contribution is -2.20. The molecule has 3 aromatic rings. The van der Waals surface area contributed by atoms with Gasteiger partial charge >= 0.3 is 6.09 Å². The van der Waals surface area contributed by atoms with E-state index in [1.54, 1.807) is 12.1 Å². The first-order valence-electron chi connectivity index (χ1n) is 7.90. The summed E-state index contributed by atoms with van der Waals surface area (Å²) in [6.45, 7) is 2.15. The van der Waals surface area contributed by atoms with Crippen molar-refractivity contribution in [2.24, 2.45) is 0 Å². The van der Waals surface area contributed by atoms with Crippen LogP contribution in [0.5, 0.6) is 0 Å². The van der Waals surface area contributed by atoms with E-state index >= 15 is 0 Å². The van der Waals surface area contributed by atoms with E-state index in [1.807, 2.05) is 61.5 Å². The average molecular weight is 334 g/mol. The Morgan fingerprint density at radius 2 is 1.72 bits per heavy atom. The molecule has 0 saturated heterocycles. The number of aromatic nitrogens is 1. The van der Waals surface area contributed by atoms with Crippen molar-refractivity contribution in [2.45, 2.75) is 13.5 Å². The Morgan fingerprint density at radius 1 is 1.00 bits per heavy atom. The molecule has 1 amide bonds. The number of aryl methyl sites for hydroxylation is 1. The second-order valence-electron chi connectivity index (χ2n) is 5.67. The van der Waals surface area contributed by atoms with Gasteiger partial charge in [0.2, 0.25) is 0 Å². The van der Waals surface area contributed by atoms with E-state index < -0.39 is 6.09 Å². The topological polar surface area (TPSA) is 71.2 Å². The monoisotopic (exact) mass is 334 g/mol. The highest BCUT2D eigenvalue weighted by Gasteiger charge is 2.08. The summed E-state index contributed by atoms with van der Waals surface area (Å²) >= 11 is 0. The fourth-order valence-corrected chi connectivity index (χ4v) is 2.34. The van der Waals surface area contributed by atoms with Crippen LogP contribution in [0.1, 0.15) is 11.1 Å². The molecule has 0 aliphatic rings. The van der Waals surface area contributed by atoms with E-state index in [2.05, 4.69) is 10.3 Å². The number of ether oxygens (including phenoxy) is 1. The van der Waals surface area contributed by atoms with Crippen molar-refractivity contribution in [1.29, 1.82) is 0 Å². The molecule has 2 aromatic carbocycles. The first-order chi connectivity index (χ1) is 12.1. The van der Waals surface area contributed by atoms with Crippen molar-refractivity contribution in [1.82, 2.24) is 4.98 Å². The number of rotatable bonds is 4. The van der Waals surface area contributed by atoms with Crippen molar-refractivity contribution >= 4 is 11.8 Å². The predicted octanol–water partition coefficient (Wildman–Crippen LogP) is 4.10. The van der Waals surface area contributed by atoms with Crippen LogP contribution in [0.4, 0.5) is 10.5 Å². The maximum atomic E-state index is 12.2. The highest BCUT2D eigenvalue weighted by Crippen LogP contribution is 2.17. The molecule has 0 aliphatic heterocycles. The van der Waals surface area contributed by atoms with Crippen LogP contribution in [-0.2, 0) is 11.3 Å². The zero-order chi connectivity index (χ0) is 17.6. The zero-order valence-electron chi connectivity index (χ0n) is 13.8. The SMILES string of the molecule is Cc1ccc(-c2ccc(NC(=O)OCc3ccccc3)c(=O)[nH]2)cc1. The molecule has 0 aliphatic carbocycles. The van der Waals surface area contributed by atoms with Crippen LogP contribution >= 0.6 is 0 Å². The van der Waals surface area contributed by atoms with Gasteiger partial charge in [-0.1, -0.05) is 60.2 Å². The number of benzene rings is 2. The van der Waals surface area contributed by atoms with Crippen LogP contribution in [0.25, 0.3) is 11.3 Å². The first kappa shape index (κ1) is 16.5. The van der Waals surface area contributed by atoms with Gasteiger partial charge in [0.15, 0.2) is 0 Å². The Balaban J connectivity index is 1.66. The molecule has 5 heteroatoms. The number of aromatic amines is 1. The van der Waals surface area contributed by atoms with Crippen molar-refractivity contribution in [3.05, 3.63) is 88.2 Å². The van der Waals surface area contributed by atoms with E-state index in [-0.39, 0.29) is 17.9 Å². The van der Waals surface area contributed by atoms with Gasteiger partial charge in [0.25, 0.3) is 5.56 Å². The van der Waals surface area contributed by atoms with Gasteiger partial charge in [-0.3, -0.25) is 10.1 Å². The largest absolute Gasteiger partial charge is 0.444 e. The van der Waals surface area contributed by atoms with Gasteiger partial charge in [0.05, 0.1) is 0 Å². The fraction of sp³-hybridized carbons (Fsp3) is 0.100. The summed E-state index contributed by atoms with van der Waals surface area (Å²) in [6.07, 6.45) is -0.669.